The summed E-state index contributed by atoms with van der Waals surface area (Å²) in [5, 5.41) is 10.1. The van der Waals surface area contributed by atoms with Gasteiger partial charge in [0.1, 0.15) is 6.10 Å². The Hall–Kier alpha value is -1.91. The van der Waals surface area contributed by atoms with Crippen molar-refractivity contribution in [2.45, 2.75) is 50.1 Å². The Balaban J connectivity index is 1.57. The van der Waals surface area contributed by atoms with Crippen molar-refractivity contribution >= 4 is 12.0 Å². The minimum Gasteiger partial charge on any atom is -0.459 e. The van der Waals surface area contributed by atoms with Gasteiger partial charge in [-0.3, -0.25) is 0 Å². The maximum Gasteiger partial charge on any atom is 0.330 e. The minimum absolute atomic E-state index is 0.0894. The average molecular weight is 314 g/mol. The maximum atomic E-state index is 11.3. The van der Waals surface area contributed by atoms with E-state index in [1.807, 2.05) is 48.6 Å². The van der Waals surface area contributed by atoms with Crippen LogP contribution in [0.5, 0.6) is 0 Å². The van der Waals surface area contributed by atoms with Gasteiger partial charge in [-0.25, -0.2) is 4.79 Å². The van der Waals surface area contributed by atoms with Gasteiger partial charge >= 0.3 is 5.97 Å². The van der Waals surface area contributed by atoms with Crippen LogP contribution < -0.4 is 0 Å². The first kappa shape index (κ1) is 16.0. The van der Waals surface area contributed by atoms with E-state index in [4.69, 9.17) is 9.47 Å². The number of aliphatic hydroxyl groups excluding tert-OH is 1. The van der Waals surface area contributed by atoms with E-state index in [1.165, 1.54) is 6.08 Å². The molecule has 0 aromatic heterocycles. The number of benzene rings is 1. The van der Waals surface area contributed by atoms with Crippen LogP contribution in [0.1, 0.15) is 31.2 Å². The van der Waals surface area contributed by atoms with Gasteiger partial charge in [0.2, 0.25) is 0 Å². The van der Waals surface area contributed by atoms with Gasteiger partial charge in [-0.15, -0.1) is 0 Å². The fourth-order valence-electron chi connectivity index (χ4n) is 3.09. The summed E-state index contributed by atoms with van der Waals surface area (Å²) in [6.45, 7) is 0. The van der Waals surface area contributed by atoms with Crippen LogP contribution in [0.25, 0.3) is 6.08 Å². The molecular formula is C19H22O4. The number of aliphatic hydroxyl groups is 1. The molecule has 0 bridgehead atoms. The van der Waals surface area contributed by atoms with E-state index in [9.17, 15) is 9.90 Å². The van der Waals surface area contributed by atoms with Crippen molar-refractivity contribution in [3.05, 3.63) is 54.1 Å². The summed E-state index contributed by atoms with van der Waals surface area (Å²) < 4.78 is 11.3. The molecule has 2 heterocycles. The molecule has 122 valence electrons. The summed E-state index contributed by atoms with van der Waals surface area (Å²) in [6.07, 6.45) is 9.11. The number of ether oxygens (including phenoxy) is 2. The predicted molar refractivity (Wildman–Crippen MR) is 87.6 cm³/mol. The first-order valence-electron chi connectivity index (χ1n) is 8.13. The average Bonchev–Trinajstić information content (AvgIpc) is 2.53. The summed E-state index contributed by atoms with van der Waals surface area (Å²) in [6, 6.07) is 10.0. The van der Waals surface area contributed by atoms with Crippen molar-refractivity contribution in [2.24, 2.45) is 0 Å². The smallest absolute Gasteiger partial charge is 0.330 e. The highest BCUT2D eigenvalue weighted by Gasteiger charge is 2.30. The van der Waals surface area contributed by atoms with Crippen LogP contribution in [0.4, 0.5) is 0 Å². The lowest BCUT2D eigenvalue weighted by Gasteiger charge is -2.33. The first-order chi connectivity index (χ1) is 11.2. The van der Waals surface area contributed by atoms with E-state index in [1.54, 1.807) is 0 Å². The Morgan fingerprint density at radius 3 is 2.78 bits per heavy atom. The molecule has 0 aliphatic carbocycles. The third-order valence-electron chi connectivity index (χ3n) is 4.17. The Labute approximate surface area is 136 Å². The summed E-state index contributed by atoms with van der Waals surface area (Å²) in [5.74, 6) is -0.293. The molecule has 2 aliphatic heterocycles. The van der Waals surface area contributed by atoms with Crippen LogP contribution in [0, 0.1) is 0 Å². The Bertz CT molecular complexity index is 578. The molecule has 3 rings (SSSR count). The quantitative estimate of drug-likeness (QED) is 0.868. The highest BCUT2D eigenvalue weighted by Crippen LogP contribution is 2.26. The summed E-state index contributed by atoms with van der Waals surface area (Å²) in [5.41, 5.74) is 1.11. The Morgan fingerprint density at radius 1 is 1.17 bits per heavy atom. The molecule has 1 aromatic carbocycles. The second-order valence-electron chi connectivity index (χ2n) is 6.12. The summed E-state index contributed by atoms with van der Waals surface area (Å²) in [7, 11) is 0. The van der Waals surface area contributed by atoms with Crippen LogP contribution in [-0.2, 0) is 14.3 Å². The minimum atomic E-state index is -0.381. The molecule has 0 spiro atoms. The standard InChI is InChI=1S/C19H22O4/c20-15-11-17(10-9-14-5-2-1-3-6-14)22-18(12-15)13-16-7-4-8-19(21)23-16/h1-6,8-10,15-18,20H,7,11-13H2/b10-9+/t15-,16-,17+,18+/m1/s1. The number of hydrogen-bond acceptors (Lipinski definition) is 4. The molecule has 23 heavy (non-hydrogen) atoms. The Kier molecular flexibility index (Phi) is 5.26. The molecule has 1 saturated heterocycles. The van der Waals surface area contributed by atoms with E-state index >= 15 is 0 Å². The van der Waals surface area contributed by atoms with E-state index in [0.29, 0.717) is 25.7 Å². The van der Waals surface area contributed by atoms with E-state index in [2.05, 4.69) is 0 Å². The first-order valence-corrected chi connectivity index (χ1v) is 8.13. The normalized spacial score (nSPS) is 31.3. The summed E-state index contributed by atoms with van der Waals surface area (Å²) >= 11 is 0. The van der Waals surface area contributed by atoms with Crippen molar-refractivity contribution in [3.63, 3.8) is 0 Å². The molecule has 4 nitrogen and oxygen atoms in total. The van der Waals surface area contributed by atoms with Crippen LogP contribution >= 0.6 is 0 Å². The molecule has 1 N–H and O–H groups in total. The van der Waals surface area contributed by atoms with Crippen LogP contribution in [0.15, 0.2) is 48.6 Å². The zero-order valence-corrected chi connectivity index (χ0v) is 13.0. The predicted octanol–water partition coefficient (Wildman–Crippen LogP) is 2.87. The third kappa shape index (κ3) is 4.78. The van der Waals surface area contributed by atoms with Gasteiger partial charge in [-0.2, -0.15) is 0 Å². The topological polar surface area (TPSA) is 55.8 Å². The maximum absolute atomic E-state index is 11.3. The number of cyclic esters (lactones) is 1. The highest BCUT2D eigenvalue weighted by molar-refractivity contribution is 5.82. The van der Waals surface area contributed by atoms with Crippen molar-refractivity contribution in [1.82, 2.24) is 0 Å². The molecule has 0 unspecified atom stereocenters. The molecule has 1 aromatic rings. The number of carbonyl (C=O) groups excluding carboxylic acids is 1. The van der Waals surface area contributed by atoms with Crippen LogP contribution in [0.3, 0.4) is 0 Å². The molecule has 0 radical (unpaired) electrons. The fourth-order valence-corrected chi connectivity index (χ4v) is 3.09. The van der Waals surface area contributed by atoms with Gasteiger partial charge in [0, 0.05) is 25.3 Å². The molecule has 4 heteroatoms. The Morgan fingerprint density at radius 2 is 2.00 bits per heavy atom. The van der Waals surface area contributed by atoms with E-state index < -0.39 is 0 Å². The van der Waals surface area contributed by atoms with Crippen LogP contribution in [0.2, 0.25) is 0 Å². The number of carbonyl (C=O) groups is 1. The van der Waals surface area contributed by atoms with E-state index in [-0.39, 0.29) is 30.4 Å². The lowest BCUT2D eigenvalue weighted by molar-refractivity contribution is -0.148. The number of esters is 1. The van der Waals surface area contributed by atoms with Gasteiger partial charge in [0.25, 0.3) is 0 Å². The second kappa shape index (κ2) is 7.57. The second-order valence-corrected chi connectivity index (χ2v) is 6.12. The molecular weight excluding hydrogens is 292 g/mol. The SMILES string of the molecule is O=C1C=CC[C@H](C[C@@H]2C[C@H](O)C[C@H](/C=C/c3ccccc3)O2)O1. The van der Waals surface area contributed by atoms with Crippen molar-refractivity contribution < 1.29 is 19.4 Å². The molecule has 0 amide bonds. The fraction of sp³-hybridized carbons (Fsp3) is 0.421. The van der Waals surface area contributed by atoms with Crippen molar-refractivity contribution in [1.29, 1.82) is 0 Å². The monoisotopic (exact) mass is 314 g/mol. The molecule has 1 fully saturated rings. The van der Waals surface area contributed by atoms with Crippen molar-refractivity contribution in [3.8, 4) is 0 Å². The lowest BCUT2D eigenvalue weighted by Crippen LogP contribution is -2.37. The van der Waals surface area contributed by atoms with Gasteiger partial charge in [-0.1, -0.05) is 48.6 Å². The third-order valence-corrected chi connectivity index (χ3v) is 4.17. The van der Waals surface area contributed by atoms with Crippen molar-refractivity contribution in [2.75, 3.05) is 0 Å². The largest absolute Gasteiger partial charge is 0.459 e. The lowest BCUT2D eigenvalue weighted by atomic mass is 9.95. The van der Waals surface area contributed by atoms with Gasteiger partial charge < -0.3 is 14.6 Å². The molecule has 0 saturated carbocycles. The number of rotatable bonds is 4. The molecule has 4 atom stereocenters. The number of hydrogen-bond donors (Lipinski definition) is 1. The highest BCUT2D eigenvalue weighted by atomic mass is 16.5. The van der Waals surface area contributed by atoms with Gasteiger partial charge in [0.05, 0.1) is 18.3 Å². The zero-order chi connectivity index (χ0) is 16.1. The van der Waals surface area contributed by atoms with Gasteiger partial charge in [-0.05, 0) is 12.0 Å². The van der Waals surface area contributed by atoms with Crippen LogP contribution in [-0.4, -0.2) is 35.5 Å². The van der Waals surface area contributed by atoms with Gasteiger partial charge in [0.15, 0.2) is 0 Å². The van der Waals surface area contributed by atoms with E-state index in [0.717, 1.165) is 5.56 Å². The molecule has 2 aliphatic rings. The summed E-state index contributed by atoms with van der Waals surface area (Å²) in [4.78, 5) is 11.3. The zero-order valence-electron chi connectivity index (χ0n) is 13.0.